The second-order valence-electron chi connectivity index (χ2n) is 2.96. The van der Waals surface area contributed by atoms with Crippen LogP contribution in [0.4, 0.5) is 17.6 Å². The maximum absolute atomic E-state index is 13.3. The molecule has 0 aliphatic heterocycles. The summed E-state index contributed by atoms with van der Waals surface area (Å²) in [6.07, 6.45) is -5.21. The number of ether oxygens (including phenoxy) is 1. The van der Waals surface area contributed by atoms with Gasteiger partial charge in [-0.25, -0.2) is 4.39 Å². The summed E-state index contributed by atoms with van der Waals surface area (Å²) in [6, 6.07) is 0.907. The predicted octanol–water partition coefficient (Wildman–Crippen LogP) is 0.517. The number of alkyl halides is 3. The van der Waals surface area contributed by atoms with Crippen LogP contribution in [0.2, 0.25) is 0 Å². The van der Waals surface area contributed by atoms with E-state index in [2.05, 4.69) is 4.74 Å². The van der Waals surface area contributed by atoms with Crippen LogP contribution in [-0.4, -0.2) is 26.8 Å². The molecule has 0 spiro atoms. The van der Waals surface area contributed by atoms with Gasteiger partial charge >= 0.3 is 12.3 Å². The fraction of sp³-hybridized carbons (Fsp3) is 0.250. The summed E-state index contributed by atoms with van der Waals surface area (Å²) in [4.78, 5) is 0. The van der Waals surface area contributed by atoms with E-state index < -0.39 is 35.2 Å². The lowest BCUT2D eigenvalue weighted by Crippen LogP contribution is -2.26. The zero-order valence-corrected chi connectivity index (χ0v) is 7.86. The smallest absolute Gasteiger partial charge is 0.507 e. The van der Waals surface area contributed by atoms with E-state index >= 15 is 0 Å². The third kappa shape index (κ3) is 3.19. The van der Waals surface area contributed by atoms with E-state index in [1.807, 2.05) is 0 Å². The van der Waals surface area contributed by atoms with Gasteiger partial charge in [-0.3, -0.25) is 0 Å². The van der Waals surface area contributed by atoms with Crippen LogP contribution in [0.3, 0.4) is 0 Å². The Morgan fingerprint density at radius 1 is 1.06 bits per heavy atom. The van der Waals surface area contributed by atoms with Crippen LogP contribution in [0.15, 0.2) is 12.1 Å². The van der Waals surface area contributed by atoms with Crippen molar-refractivity contribution in [2.45, 2.75) is 12.3 Å². The van der Waals surface area contributed by atoms with Gasteiger partial charge in [0, 0.05) is 0 Å². The lowest BCUT2D eigenvalue weighted by atomic mass is 10.1. The molecule has 1 aromatic rings. The van der Waals surface area contributed by atoms with Gasteiger partial charge in [0.2, 0.25) is 0 Å². The number of hydrogen-bond acceptors (Lipinski definition) is 5. The molecule has 0 saturated carbocycles. The quantitative estimate of drug-likeness (QED) is 0.458. The number of rotatable bonds is 2. The van der Waals surface area contributed by atoms with Gasteiger partial charge in [-0.05, 0) is 12.1 Å². The Kier molecular flexibility index (Phi) is 3.19. The SMILES string of the molecule is Oc1ccc(OC(F)(F)F)c(F)c1C(O)(O)O. The van der Waals surface area contributed by atoms with E-state index in [9.17, 15) is 17.6 Å². The van der Waals surface area contributed by atoms with Crippen molar-refractivity contribution < 1.29 is 42.7 Å². The number of phenols is 1. The number of aromatic hydroxyl groups is 1. The van der Waals surface area contributed by atoms with Crippen LogP contribution in [0.1, 0.15) is 5.56 Å². The maximum Gasteiger partial charge on any atom is 0.573 e. The highest BCUT2D eigenvalue weighted by molar-refractivity contribution is 5.42. The van der Waals surface area contributed by atoms with Crippen molar-refractivity contribution >= 4 is 0 Å². The van der Waals surface area contributed by atoms with E-state index in [1.54, 1.807) is 0 Å². The molecule has 0 bridgehead atoms. The van der Waals surface area contributed by atoms with Crippen LogP contribution < -0.4 is 4.74 Å². The van der Waals surface area contributed by atoms with E-state index in [4.69, 9.17) is 20.4 Å². The van der Waals surface area contributed by atoms with Crippen LogP contribution >= 0.6 is 0 Å². The van der Waals surface area contributed by atoms with Crippen molar-refractivity contribution in [1.29, 1.82) is 0 Å². The molecule has 0 atom stereocenters. The third-order valence-electron chi connectivity index (χ3n) is 1.65. The molecule has 0 saturated heterocycles. The first kappa shape index (κ1) is 13.5. The fourth-order valence-electron chi connectivity index (χ4n) is 1.07. The monoisotopic (exact) mass is 258 g/mol. The van der Waals surface area contributed by atoms with Gasteiger partial charge in [0.1, 0.15) is 11.3 Å². The Bertz CT molecular complexity index is 423. The van der Waals surface area contributed by atoms with E-state index in [1.165, 1.54) is 0 Å². The van der Waals surface area contributed by atoms with Crippen molar-refractivity contribution in [2.75, 3.05) is 0 Å². The molecular weight excluding hydrogens is 252 g/mol. The predicted molar refractivity (Wildman–Crippen MR) is 43.1 cm³/mol. The second-order valence-corrected chi connectivity index (χ2v) is 2.96. The van der Waals surface area contributed by atoms with Crippen molar-refractivity contribution in [2.24, 2.45) is 0 Å². The van der Waals surface area contributed by atoms with Crippen LogP contribution in [0.25, 0.3) is 0 Å². The van der Waals surface area contributed by atoms with Crippen molar-refractivity contribution in [1.82, 2.24) is 0 Å². The summed E-state index contributed by atoms with van der Waals surface area (Å²) in [5, 5.41) is 34.9. The standard InChI is InChI=1S/C8H6F4O5/c9-6-4(17-8(10,11)12)2-1-3(13)5(6)7(14,15)16/h1-2,13-16H. The molecule has 0 aliphatic carbocycles. The number of halogens is 4. The molecule has 4 N–H and O–H groups in total. The van der Waals surface area contributed by atoms with Gasteiger partial charge in [-0.2, -0.15) is 0 Å². The van der Waals surface area contributed by atoms with E-state index in [-0.39, 0.29) is 0 Å². The molecule has 1 aromatic carbocycles. The summed E-state index contributed by atoms with van der Waals surface area (Å²) in [6.45, 7) is 0. The minimum atomic E-state index is -5.21. The van der Waals surface area contributed by atoms with Crippen LogP contribution in [0.5, 0.6) is 11.5 Å². The average molecular weight is 258 g/mol. The number of phenolic OH excluding ortho intramolecular Hbond substituents is 1. The van der Waals surface area contributed by atoms with Gasteiger partial charge in [0.25, 0.3) is 0 Å². The van der Waals surface area contributed by atoms with Gasteiger partial charge in [0.15, 0.2) is 11.6 Å². The Morgan fingerprint density at radius 2 is 1.59 bits per heavy atom. The molecule has 0 radical (unpaired) electrons. The first-order chi connectivity index (χ1) is 7.52. The van der Waals surface area contributed by atoms with E-state index in [0.717, 1.165) is 0 Å². The van der Waals surface area contributed by atoms with E-state index in [0.29, 0.717) is 12.1 Å². The summed E-state index contributed by atoms with van der Waals surface area (Å²) >= 11 is 0. The van der Waals surface area contributed by atoms with Gasteiger partial charge in [0.05, 0.1) is 0 Å². The van der Waals surface area contributed by atoms with Crippen molar-refractivity contribution in [3.8, 4) is 11.5 Å². The Hall–Kier alpha value is -1.58. The topological polar surface area (TPSA) is 90.2 Å². The Morgan fingerprint density at radius 3 is 2.00 bits per heavy atom. The number of aliphatic hydroxyl groups is 3. The molecule has 17 heavy (non-hydrogen) atoms. The summed E-state index contributed by atoms with van der Waals surface area (Å²) in [7, 11) is 0. The third-order valence-corrected chi connectivity index (χ3v) is 1.65. The molecule has 0 amide bonds. The summed E-state index contributed by atoms with van der Waals surface area (Å²) in [5.74, 6) is -8.36. The van der Waals surface area contributed by atoms with Crippen LogP contribution in [0, 0.1) is 5.82 Å². The zero-order chi connectivity index (χ0) is 13.4. The minimum absolute atomic E-state index is 0.410. The molecular formula is C8H6F4O5. The molecule has 0 fully saturated rings. The van der Waals surface area contributed by atoms with Crippen molar-refractivity contribution in [3.05, 3.63) is 23.5 Å². The molecule has 0 heterocycles. The first-order valence-electron chi connectivity index (χ1n) is 3.97. The molecule has 0 aliphatic rings. The summed E-state index contributed by atoms with van der Waals surface area (Å²) in [5.41, 5.74) is -1.54. The normalized spacial score (nSPS) is 12.6. The molecule has 96 valence electrons. The highest BCUT2D eigenvalue weighted by Crippen LogP contribution is 2.35. The molecule has 1 rings (SSSR count). The molecule has 0 aromatic heterocycles. The summed E-state index contributed by atoms with van der Waals surface area (Å²) < 4.78 is 51.9. The van der Waals surface area contributed by atoms with Gasteiger partial charge in [-0.15, -0.1) is 13.2 Å². The van der Waals surface area contributed by atoms with Crippen LogP contribution in [-0.2, 0) is 5.97 Å². The Labute approximate surface area is 91.1 Å². The highest BCUT2D eigenvalue weighted by atomic mass is 19.4. The largest absolute Gasteiger partial charge is 0.573 e. The lowest BCUT2D eigenvalue weighted by molar-refractivity contribution is -0.326. The molecule has 9 heteroatoms. The average Bonchev–Trinajstić information content (AvgIpc) is 2.06. The second kappa shape index (κ2) is 4.02. The molecule has 0 unspecified atom stereocenters. The lowest BCUT2D eigenvalue weighted by Gasteiger charge is -2.18. The Balaban J connectivity index is 3.30. The number of benzene rings is 1. The van der Waals surface area contributed by atoms with Gasteiger partial charge in [-0.1, -0.05) is 0 Å². The first-order valence-corrected chi connectivity index (χ1v) is 3.97. The van der Waals surface area contributed by atoms with Gasteiger partial charge < -0.3 is 25.2 Å². The number of hydrogen-bond donors (Lipinski definition) is 4. The maximum atomic E-state index is 13.3. The molecule has 5 nitrogen and oxygen atoms in total. The zero-order valence-electron chi connectivity index (χ0n) is 7.86. The minimum Gasteiger partial charge on any atom is -0.507 e. The fourth-order valence-corrected chi connectivity index (χ4v) is 1.07. The highest BCUT2D eigenvalue weighted by Gasteiger charge is 2.37. The van der Waals surface area contributed by atoms with Crippen molar-refractivity contribution in [3.63, 3.8) is 0 Å².